The summed E-state index contributed by atoms with van der Waals surface area (Å²) >= 11 is 0. The van der Waals surface area contributed by atoms with Gasteiger partial charge in [0.25, 0.3) is 5.91 Å². The molecule has 0 aliphatic heterocycles. The van der Waals surface area contributed by atoms with Gasteiger partial charge in [0.1, 0.15) is 0 Å². The molecule has 0 aliphatic rings. The number of amides is 1. The number of para-hydroxylation sites is 1. The van der Waals surface area contributed by atoms with Crippen LogP contribution in [0.5, 0.6) is 0 Å². The first kappa shape index (κ1) is 14.8. The van der Waals surface area contributed by atoms with Crippen molar-refractivity contribution in [3.63, 3.8) is 0 Å². The van der Waals surface area contributed by atoms with Crippen molar-refractivity contribution in [2.24, 2.45) is 0 Å². The normalized spacial score (nSPS) is 10.2. The van der Waals surface area contributed by atoms with Gasteiger partial charge in [0.05, 0.1) is 11.6 Å². The molecule has 0 fully saturated rings. The van der Waals surface area contributed by atoms with Crippen LogP contribution < -0.4 is 5.32 Å². The van der Waals surface area contributed by atoms with E-state index in [0.717, 1.165) is 16.8 Å². The van der Waals surface area contributed by atoms with Crippen molar-refractivity contribution in [1.29, 1.82) is 5.26 Å². The molecule has 0 aromatic heterocycles. The highest BCUT2D eigenvalue weighted by Gasteiger charge is 2.13. The zero-order chi connectivity index (χ0) is 15.4. The van der Waals surface area contributed by atoms with Gasteiger partial charge in [-0.2, -0.15) is 5.26 Å². The van der Waals surface area contributed by atoms with Crippen molar-refractivity contribution in [2.45, 2.75) is 26.7 Å². The molecule has 0 radical (unpaired) electrons. The topological polar surface area (TPSA) is 52.9 Å². The van der Waals surface area contributed by atoms with Crippen molar-refractivity contribution >= 4 is 11.6 Å². The second kappa shape index (κ2) is 6.23. The number of carbonyl (C=O) groups is 1. The fourth-order valence-electron chi connectivity index (χ4n) is 2.22. The van der Waals surface area contributed by atoms with Gasteiger partial charge < -0.3 is 5.32 Å². The third kappa shape index (κ3) is 3.29. The third-order valence-corrected chi connectivity index (χ3v) is 3.44. The Balaban J connectivity index is 2.29. The van der Waals surface area contributed by atoms with Gasteiger partial charge in [0.2, 0.25) is 0 Å². The first-order valence-electron chi connectivity index (χ1n) is 6.94. The minimum absolute atomic E-state index is 0.157. The van der Waals surface area contributed by atoms with E-state index < -0.39 is 0 Å². The molecule has 21 heavy (non-hydrogen) atoms. The van der Waals surface area contributed by atoms with Gasteiger partial charge in [-0.05, 0) is 48.2 Å². The standard InChI is InChI=1S/C18H18N2O/c1-12(2)16-6-4-5-13(3)17(16)20-18(21)15-9-7-14(11-19)8-10-15/h4-10,12H,1-3H3,(H,20,21). The summed E-state index contributed by atoms with van der Waals surface area (Å²) in [4.78, 5) is 12.3. The monoisotopic (exact) mass is 278 g/mol. The van der Waals surface area contributed by atoms with E-state index in [0.29, 0.717) is 17.0 Å². The Hall–Kier alpha value is -2.60. The largest absolute Gasteiger partial charge is 0.321 e. The molecule has 0 aliphatic carbocycles. The molecule has 1 N–H and O–H groups in total. The third-order valence-electron chi connectivity index (χ3n) is 3.44. The number of benzene rings is 2. The van der Waals surface area contributed by atoms with Crippen molar-refractivity contribution in [3.05, 3.63) is 64.7 Å². The van der Waals surface area contributed by atoms with Crippen molar-refractivity contribution in [3.8, 4) is 6.07 Å². The number of nitrogens with one attached hydrogen (secondary N) is 1. The van der Waals surface area contributed by atoms with E-state index in [1.54, 1.807) is 24.3 Å². The Morgan fingerprint density at radius 1 is 1.14 bits per heavy atom. The predicted molar refractivity (Wildman–Crippen MR) is 84.4 cm³/mol. The highest BCUT2D eigenvalue weighted by Crippen LogP contribution is 2.27. The summed E-state index contributed by atoms with van der Waals surface area (Å²) in [5.74, 6) is 0.178. The first-order chi connectivity index (χ1) is 10.0. The van der Waals surface area contributed by atoms with Crippen LogP contribution in [0.4, 0.5) is 5.69 Å². The van der Waals surface area contributed by atoms with E-state index in [1.807, 2.05) is 31.2 Å². The molecule has 0 unspecified atom stereocenters. The van der Waals surface area contributed by atoms with Crippen molar-refractivity contribution in [2.75, 3.05) is 5.32 Å². The number of anilines is 1. The van der Waals surface area contributed by atoms with Gasteiger partial charge in [0.15, 0.2) is 0 Å². The summed E-state index contributed by atoms with van der Waals surface area (Å²) in [6.45, 7) is 6.19. The molecule has 2 rings (SSSR count). The molecule has 1 amide bonds. The van der Waals surface area contributed by atoms with Gasteiger partial charge in [0, 0.05) is 11.3 Å². The Morgan fingerprint density at radius 2 is 1.81 bits per heavy atom. The molecule has 3 nitrogen and oxygen atoms in total. The number of carbonyl (C=O) groups excluding carboxylic acids is 1. The van der Waals surface area contributed by atoms with E-state index in [9.17, 15) is 4.79 Å². The number of aryl methyl sites for hydroxylation is 1. The van der Waals surface area contributed by atoms with Crippen LogP contribution in [0.15, 0.2) is 42.5 Å². The van der Waals surface area contributed by atoms with Gasteiger partial charge >= 0.3 is 0 Å². The van der Waals surface area contributed by atoms with Gasteiger partial charge in [-0.3, -0.25) is 4.79 Å². The van der Waals surface area contributed by atoms with Crippen LogP contribution in [0.25, 0.3) is 0 Å². The fourth-order valence-corrected chi connectivity index (χ4v) is 2.22. The van der Waals surface area contributed by atoms with Crippen molar-refractivity contribution < 1.29 is 4.79 Å². The Morgan fingerprint density at radius 3 is 2.38 bits per heavy atom. The van der Waals surface area contributed by atoms with Crippen LogP contribution in [0, 0.1) is 18.3 Å². The molecular weight excluding hydrogens is 260 g/mol. The maximum Gasteiger partial charge on any atom is 0.255 e. The summed E-state index contributed by atoms with van der Waals surface area (Å²) < 4.78 is 0. The zero-order valence-electron chi connectivity index (χ0n) is 12.5. The molecule has 0 atom stereocenters. The molecule has 3 heteroatoms. The van der Waals surface area contributed by atoms with Gasteiger partial charge in [-0.25, -0.2) is 0 Å². The molecule has 2 aromatic carbocycles. The number of hydrogen-bond donors (Lipinski definition) is 1. The molecule has 0 saturated heterocycles. The number of hydrogen-bond acceptors (Lipinski definition) is 2. The molecule has 0 bridgehead atoms. The highest BCUT2D eigenvalue weighted by atomic mass is 16.1. The lowest BCUT2D eigenvalue weighted by molar-refractivity contribution is 0.102. The van der Waals surface area contributed by atoms with Crippen LogP contribution in [0.3, 0.4) is 0 Å². The Labute approximate surface area is 125 Å². The number of nitriles is 1. The zero-order valence-corrected chi connectivity index (χ0v) is 12.5. The van der Waals surface area contributed by atoms with E-state index in [2.05, 4.69) is 19.2 Å². The van der Waals surface area contributed by atoms with Crippen LogP contribution in [-0.2, 0) is 0 Å². The maximum atomic E-state index is 12.3. The summed E-state index contributed by atoms with van der Waals surface area (Å²) in [5.41, 5.74) is 4.14. The predicted octanol–water partition coefficient (Wildman–Crippen LogP) is 4.24. The van der Waals surface area contributed by atoms with E-state index >= 15 is 0 Å². The lowest BCUT2D eigenvalue weighted by Gasteiger charge is -2.16. The molecule has 0 spiro atoms. The molecule has 2 aromatic rings. The van der Waals surface area contributed by atoms with Crippen LogP contribution in [0.1, 0.15) is 46.8 Å². The van der Waals surface area contributed by atoms with E-state index in [-0.39, 0.29) is 5.91 Å². The fraction of sp³-hybridized carbons (Fsp3) is 0.222. The summed E-state index contributed by atoms with van der Waals surface area (Å²) in [5, 5.41) is 11.8. The average molecular weight is 278 g/mol. The SMILES string of the molecule is Cc1cccc(C(C)C)c1NC(=O)c1ccc(C#N)cc1. The Bertz CT molecular complexity index is 694. The first-order valence-corrected chi connectivity index (χ1v) is 6.94. The van der Waals surface area contributed by atoms with Gasteiger partial charge in [-0.15, -0.1) is 0 Å². The molecular formula is C18H18N2O. The molecule has 0 heterocycles. The lowest BCUT2D eigenvalue weighted by Crippen LogP contribution is -2.14. The summed E-state index contributed by atoms with van der Waals surface area (Å²) in [7, 11) is 0. The summed E-state index contributed by atoms with van der Waals surface area (Å²) in [6, 6.07) is 14.7. The minimum Gasteiger partial charge on any atom is -0.321 e. The smallest absolute Gasteiger partial charge is 0.255 e. The second-order valence-corrected chi connectivity index (χ2v) is 5.34. The van der Waals surface area contributed by atoms with Crippen molar-refractivity contribution in [1.82, 2.24) is 0 Å². The van der Waals surface area contributed by atoms with E-state index in [4.69, 9.17) is 5.26 Å². The maximum absolute atomic E-state index is 12.3. The Kier molecular flexibility index (Phi) is 4.39. The summed E-state index contributed by atoms with van der Waals surface area (Å²) in [6.07, 6.45) is 0. The second-order valence-electron chi connectivity index (χ2n) is 5.34. The molecule has 0 saturated carbocycles. The lowest BCUT2D eigenvalue weighted by atomic mass is 9.98. The van der Waals surface area contributed by atoms with Crippen LogP contribution in [0.2, 0.25) is 0 Å². The van der Waals surface area contributed by atoms with Crippen LogP contribution in [-0.4, -0.2) is 5.91 Å². The average Bonchev–Trinajstić information content (AvgIpc) is 2.49. The molecule has 106 valence electrons. The number of rotatable bonds is 3. The van der Waals surface area contributed by atoms with Gasteiger partial charge in [-0.1, -0.05) is 32.0 Å². The number of nitrogens with zero attached hydrogens (tertiary/aromatic N) is 1. The minimum atomic E-state index is -0.157. The quantitative estimate of drug-likeness (QED) is 0.912. The van der Waals surface area contributed by atoms with E-state index in [1.165, 1.54) is 0 Å². The van der Waals surface area contributed by atoms with Crippen LogP contribution >= 0.6 is 0 Å². The highest BCUT2D eigenvalue weighted by molar-refractivity contribution is 6.05.